The minimum Gasteiger partial charge on any atom is -0.290 e. The van der Waals surface area contributed by atoms with Crippen LogP contribution in [0.15, 0.2) is 23.8 Å². The van der Waals surface area contributed by atoms with Gasteiger partial charge in [-0.15, -0.1) is 0 Å². The van der Waals surface area contributed by atoms with Crippen molar-refractivity contribution in [3.8, 4) is 0 Å². The summed E-state index contributed by atoms with van der Waals surface area (Å²) in [6.45, 7) is 4.54. The summed E-state index contributed by atoms with van der Waals surface area (Å²) in [5, 5.41) is 0.0843. The summed E-state index contributed by atoms with van der Waals surface area (Å²) in [5.41, 5.74) is 1.40. The van der Waals surface area contributed by atoms with Crippen LogP contribution in [0.4, 0.5) is 4.39 Å². The molecule has 26 heavy (non-hydrogen) atoms. The molecule has 6 atom stereocenters. The third-order valence-electron chi connectivity index (χ3n) is 8.41. The van der Waals surface area contributed by atoms with Gasteiger partial charge in [-0.3, -0.25) is 9.59 Å². The highest BCUT2D eigenvalue weighted by Crippen LogP contribution is 2.67. The van der Waals surface area contributed by atoms with Crippen LogP contribution in [-0.4, -0.2) is 16.9 Å². The van der Waals surface area contributed by atoms with Crippen molar-refractivity contribution >= 4 is 22.7 Å². The molecule has 0 aromatic carbocycles. The Morgan fingerprint density at radius 1 is 1.27 bits per heavy atom. The molecule has 3 fully saturated rings. The highest BCUT2D eigenvalue weighted by Gasteiger charge is 2.60. The van der Waals surface area contributed by atoms with Crippen LogP contribution in [0.25, 0.3) is 0 Å². The molecule has 142 valence electrons. The molecule has 3 saturated carbocycles. The van der Waals surface area contributed by atoms with E-state index in [1.165, 1.54) is 5.57 Å². The number of carbonyl (C=O) groups is 2. The van der Waals surface area contributed by atoms with Crippen molar-refractivity contribution in [3.05, 3.63) is 23.8 Å². The monoisotopic (exact) mass is 376 g/mol. The largest absolute Gasteiger partial charge is 0.290 e. The zero-order chi connectivity index (χ0) is 18.5. The second kappa shape index (κ2) is 6.61. The molecule has 4 aliphatic rings. The number of halogens is 1. The Morgan fingerprint density at radius 3 is 2.81 bits per heavy atom. The van der Waals surface area contributed by atoms with E-state index in [9.17, 15) is 14.0 Å². The lowest BCUT2D eigenvalue weighted by molar-refractivity contribution is -0.122. The molecule has 0 unspecified atom stereocenters. The molecule has 0 bridgehead atoms. The number of ketones is 1. The van der Waals surface area contributed by atoms with Crippen molar-refractivity contribution in [2.45, 2.75) is 58.8 Å². The number of hydrogen-bond donors (Lipinski definition) is 0. The van der Waals surface area contributed by atoms with Crippen molar-refractivity contribution in [2.24, 2.45) is 34.5 Å². The van der Waals surface area contributed by atoms with E-state index in [0.717, 1.165) is 56.7 Å². The number of hydrogen-bond acceptors (Lipinski definition) is 3. The quantitative estimate of drug-likeness (QED) is 0.653. The Bertz CT molecular complexity index is 684. The van der Waals surface area contributed by atoms with Crippen LogP contribution in [0.5, 0.6) is 0 Å². The fourth-order valence-corrected chi connectivity index (χ4v) is 7.86. The smallest absolute Gasteiger partial charge is 0.195 e. The third-order valence-corrected chi connectivity index (χ3v) is 9.09. The van der Waals surface area contributed by atoms with Gasteiger partial charge < -0.3 is 0 Å². The van der Waals surface area contributed by atoms with Gasteiger partial charge in [0.25, 0.3) is 0 Å². The fraction of sp³-hybridized carbons (Fsp3) is 0.727. The lowest BCUT2D eigenvalue weighted by atomic mass is 9.47. The number of carbonyl (C=O) groups excluding carboxylic acids is 2. The van der Waals surface area contributed by atoms with Crippen molar-refractivity contribution < 1.29 is 14.0 Å². The zero-order valence-electron chi connectivity index (χ0n) is 15.8. The molecule has 4 rings (SSSR count). The van der Waals surface area contributed by atoms with Gasteiger partial charge in [-0.25, -0.2) is 4.39 Å². The van der Waals surface area contributed by atoms with Gasteiger partial charge >= 0.3 is 0 Å². The zero-order valence-corrected chi connectivity index (χ0v) is 16.6. The molecular weight excluding hydrogens is 347 g/mol. The summed E-state index contributed by atoms with van der Waals surface area (Å²) in [7, 11) is 0. The van der Waals surface area contributed by atoms with Gasteiger partial charge in [0, 0.05) is 11.3 Å². The maximum atomic E-state index is 12.8. The van der Waals surface area contributed by atoms with Crippen LogP contribution in [0.1, 0.15) is 58.8 Å². The number of fused-ring (bicyclic) bond motifs is 5. The summed E-state index contributed by atoms with van der Waals surface area (Å²) in [6.07, 6.45) is 13.2. The van der Waals surface area contributed by atoms with E-state index in [1.54, 1.807) is 6.08 Å². The Hall–Kier alpha value is -0.900. The highest BCUT2D eigenvalue weighted by atomic mass is 32.2. The Labute approximate surface area is 160 Å². The first-order valence-electron chi connectivity index (χ1n) is 10.1. The number of allylic oxidation sites excluding steroid dienone is 4. The summed E-state index contributed by atoms with van der Waals surface area (Å²) in [5.74, 6) is 1.93. The van der Waals surface area contributed by atoms with E-state index < -0.39 is 6.01 Å². The predicted octanol–water partition coefficient (Wildman–Crippen LogP) is 5.49. The summed E-state index contributed by atoms with van der Waals surface area (Å²) < 4.78 is 12.8. The molecule has 0 aromatic rings. The van der Waals surface area contributed by atoms with Gasteiger partial charge in [-0.05, 0) is 80.3 Å². The molecule has 0 heterocycles. The standard InChI is InChI=1S/C22H29FO2S/c1-3-22-11-9-17-16(18(22)6-7-19(22)20(25)26-13-23)5-4-14-12-15(24)8-10-21(14,17)2/h8,10,12,16-19H,3-7,9,11,13H2,1-2H3/t16-,17+,18+,19-,21+,22+/m1/s1. The molecule has 4 heteroatoms. The van der Waals surface area contributed by atoms with E-state index in [0.29, 0.717) is 17.8 Å². The first-order chi connectivity index (χ1) is 12.5. The van der Waals surface area contributed by atoms with Gasteiger partial charge in [-0.2, -0.15) is 0 Å². The van der Waals surface area contributed by atoms with E-state index in [-0.39, 0.29) is 27.6 Å². The molecule has 0 aliphatic heterocycles. The molecule has 0 N–H and O–H groups in total. The molecule has 0 aromatic heterocycles. The minimum atomic E-state index is -0.600. The van der Waals surface area contributed by atoms with Gasteiger partial charge in [-0.1, -0.05) is 37.3 Å². The van der Waals surface area contributed by atoms with E-state index in [4.69, 9.17) is 0 Å². The third kappa shape index (κ3) is 2.51. The molecular formula is C22H29FO2S. The summed E-state index contributed by atoms with van der Waals surface area (Å²) in [6, 6.07) is -0.600. The van der Waals surface area contributed by atoms with Crippen LogP contribution < -0.4 is 0 Å². The lowest BCUT2D eigenvalue weighted by Crippen LogP contribution is -2.51. The first-order valence-corrected chi connectivity index (χ1v) is 11.1. The maximum absolute atomic E-state index is 12.8. The van der Waals surface area contributed by atoms with E-state index >= 15 is 0 Å². The lowest BCUT2D eigenvalue weighted by Gasteiger charge is -2.57. The topological polar surface area (TPSA) is 34.1 Å². The SMILES string of the molecule is CC[C@]12CC[C@H]3[C@@H](CCC4=CC(=O)C=C[C@@]43C)[C@@H]1CC[C@@H]2C(=O)SCF. The molecule has 2 nitrogen and oxygen atoms in total. The van der Waals surface area contributed by atoms with Crippen molar-refractivity contribution in [1.82, 2.24) is 0 Å². The molecule has 0 spiro atoms. The summed E-state index contributed by atoms with van der Waals surface area (Å²) >= 11 is 0.882. The van der Waals surface area contributed by atoms with E-state index in [2.05, 4.69) is 19.9 Å². The van der Waals surface area contributed by atoms with Crippen LogP contribution in [-0.2, 0) is 9.59 Å². The Balaban J connectivity index is 1.65. The average molecular weight is 377 g/mol. The minimum absolute atomic E-state index is 0.00646. The van der Waals surface area contributed by atoms with Gasteiger partial charge in [0.15, 0.2) is 10.9 Å². The van der Waals surface area contributed by atoms with Gasteiger partial charge in [0.05, 0.1) is 0 Å². The second-order valence-corrected chi connectivity index (χ2v) is 9.84. The molecule has 0 radical (unpaired) electrons. The van der Waals surface area contributed by atoms with Crippen LogP contribution >= 0.6 is 11.8 Å². The van der Waals surface area contributed by atoms with Crippen molar-refractivity contribution in [2.75, 3.05) is 6.01 Å². The number of rotatable bonds is 3. The van der Waals surface area contributed by atoms with E-state index in [1.807, 2.05) is 6.08 Å². The number of thioether (sulfide) groups is 1. The Kier molecular flexibility index (Phi) is 4.70. The molecule has 0 saturated heterocycles. The van der Waals surface area contributed by atoms with Crippen LogP contribution in [0.2, 0.25) is 0 Å². The fourth-order valence-electron chi connectivity index (χ4n) is 7.20. The maximum Gasteiger partial charge on any atom is 0.195 e. The first kappa shape index (κ1) is 18.5. The molecule has 0 amide bonds. The predicted molar refractivity (Wildman–Crippen MR) is 103 cm³/mol. The highest BCUT2D eigenvalue weighted by molar-refractivity contribution is 8.13. The average Bonchev–Trinajstić information content (AvgIpc) is 3.02. The van der Waals surface area contributed by atoms with Crippen molar-refractivity contribution in [3.63, 3.8) is 0 Å². The molecule has 4 aliphatic carbocycles. The van der Waals surface area contributed by atoms with Gasteiger partial charge in [0.1, 0.15) is 6.01 Å². The van der Waals surface area contributed by atoms with Crippen LogP contribution in [0.3, 0.4) is 0 Å². The van der Waals surface area contributed by atoms with Crippen LogP contribution in [0, 0.1) is 34.5 Å². The van der Waals surface area contributed by atoms with Crippen molar-refractivity contribution in [1.29, 1.82) is 0 Å². The second-order valence-electron chi connectivity index (χ2n) is 8.93. The Morgan fingerprint density at radius 2 is 2.08 bits per heavy atom. The normalized spacial score (nSPS) is 44.1. The summed E-state index contributed by atoms with van der Waals surface area (Å²) in [4.78, 5) is 24.5. The van der Waals surface area contributed by atoms with Gasteiger partial charge in [0.2, 0.25) is 0 Å². The number of alkyl halides is 1.